The number of nitrogens with one attached hydrogen (secondary N) is 1. The molecule has 1 saturated heterocycles. The number of Topliss-reactive ketones (excluding diaryl/α,β-unsaturated/α-hetero) is 1. The maximum Gasteiger partial charge on any atom is 0.245 e. The molecule has 1 fully saturated rings. The van der Waals surface area contributed by atoms with Crippen LogP contribution in [-0.4, -0.2) is 41.1 Å². The minimum atomic E-state index is -0.506. The summed E-state index contributed by atoms with van der Waals surface area (Å²) in [7, 11) is 0. The lowest BCUT2D eigenvalue weighted by molar-refractivity contribution is -0.139. The van der Waals surface area contributed by atoms with E-state index in [4.69, 9.17) is 0 Å². The molecule has 0 saturated carbocycles. The van der Waals surface area contributed by atoms with Crippen molar-refractivity contribution in [2.75, 3.05) is 6.54 Å². The van der Waals surface area contributed by atoms with Crippen LogP contribution in [0.1, 0.15) is 79.6 Å². The van der Waals surface area contributed by atoms with Crippen LogP contribution in [0.25, 0.3) is 0 Å². The van der Waals surface area contributed by atoms with Gasteiger partial charge in [0.15, 0.2) is 0 Å². The average molecular weight is 353 g/mol. The second kappa shape index (κ2) is 10.6. The van der Waals surface area contributed by atoms with E-state index in [0.717, 1.165) is 38.6 Å². The topological polar surface area (TPSA) is 66.5 Å². The molecule has 0 radical (unpaired) electrons. The molecule has 1 rings (SSSR count). The maximum absolute atomic E-state index is 12.9. The van der Waals surface area contributed by atoms with Gasteiger partial charge in [-0.05, 0) is 39.0 Å². The van der Waals surface area contributed by atoms with Gasteiger partial charge in [-0.15, -0.1) is 0 Å². The van der Waals surface area contributed by atoms with Crippen molar-refractivity contribution in [2.45, 2.75) is 91.6 Å². The highest BCUT2D eigenvalue weighted by molar-refractivity contribution is 5.91. The zero-order chi connectivity index (χ0) is 19.0. The quantitative estimate of drug-likeness (QED) is 0.613. The SMILES string of the molecule is CCCCCC(CC(C)=O)C(=O)NC(C(=O)N1CCC[C@H]1C)C(C)C. The predicted octanol–water partition coefficient (Wildman–Crippen LogP) is 3.31. The van der Waals surface area contributed by atoms with Gasteiger partial charge < -0.3 is 15.0 Å². The van der Waals surface area contributed by atoms with Gasteiger partial charge in [-0.3, -0.25) is 9.59 Å². The van der Waals surface area contributed by atoms with Crippen LogP contribution in [-0.2, 0) is 14.4 Å². The number of hydrogen-bond acceptors (Lipinski definition) is 3. The third-order valence-electron chi connectivity index (χ3n) is 5.13. The van der Waals surface area contributed by atoms with E-state index in [2.05, 4.69) is 19.2 Å². The highest BCUT2D eigenvalue weighted by atomic mass is 16.2. The van der Waals surface area contributed by atoms with Crippen LogP contribution in [0.4, 0.5) is 0 Å². The molecule has 1 N–H and O–H groups in total. The van der Waals surface area contributed by atoms with Crippen molar-refractivity contribution in [3.63, 3.8) is 0 Å². The molecule has 5 heteroatoms. The number of amides is 2. The Morgan fingerprint density at radius 1 is 1.20 bits per heavy atom. The van der Waals surface area contributed by atoms with Gasteiger partial charge in [0, 0.05) is 24.9 Å². The standard InChI is InChI=1S/C20H36N2O3/c1-6-7-8-11-17(13-16(5)23)19(24)21-18(14(2)3)20(25)22-12-9-10-15(22)4/h14-15,17-18H,6-13H2,1-5H3,(H,21,24)/t15-,17?,18?/m1/s1. The van der Waals surface area contributed by atoms with Gasteiger partial charge in [-0.2, -0.15) is 0 Å². The van der Waals surface area contributed by atoms with Crippen LogP contribution in [0.15, 0.2) is 0 Å². The molecule has 2 amide bonds. The van der Waals surface area contributed by atoms with E-state index < -0.39 is 6.04 Å². The first-order valence-electron chi connectivity index (χ1n) is 9.88. The Labute approximate surface area is 152 Å². The van der Waals surface area contributed by atoms with Crippen molar-refractivity contribution < 1.29 is 14.4 Å². The van der Waals surface area contributed by atoms with Crippen molar-refractivity contribution >= 4 is 17.6 Å². The van der Waals surface area contributed by atoms with Crippen LogP contribution in [0.5, 0.6) is 0 Å². The molecular formula is C20H36N2O3. The van der Waals surface area contributed by atoms with Crippen molar-refractivity contribution in [2.24, 2.45) is 11.8 Å². The Hall–Kier alpha value is -1.39. The first-order chi connectivity index (χ1) is 11.8. The number of likely N-dealkylation sites (tertiary alicyclic amines) is 1. The van der Waals surface area contributed by atoms with Crippen molar-refractivity contribution in [3.05, 3.63) is 0 Å². The summed E-state index contributed by atoms with van der Waals surface area (Å²) in [5.74, 6) is -0.405. The Kier molecular flexibility index (Phi) is 9.15. The Morgan fingerprint density at radius 3 is 2.36 bits per heavy atom. The molecule has 3 atom stereocenters. The van der Waals surface area contributed by atoms with Crippen molar-refractivity contribution in [3.8, 4) is 0 Å². The van der Waals surface area contributed by atoms with E-state index in [1.807, 2.05) is 18.7 Å². The number of nitrogens with zero attached hydrogens (tertiary/aromatic N) is 1. The van der Waals surface area contributed by atoms with E-state index in [0.29, 0.717) is 6.42 Å². The van der Waals surface area contributed by atoms with Gasteiger partial charge in [0.25, 0.3) is 0 Å². The molecule has 0 aromatic heterocycles. The largest absolute Gasteiger partial charge is 0.344 e. The summed E-state index contributed by atoms with van der Waals surface area (Å²) in [5, 5.41) is 2.96. The normalized spacial score (nSPS) is 19.8. The molecule has 1 heterocycles. The number of hydrogen-bond donors (Lipinski definition) is 1. The lowest BCUT2D eigenvalue weighted by Gasteiger charge is -2.30. The summed E-state index contributed by atoms with van der Waals surface area (Å²) in [5.41, 5.74) is 0. The van der Waals surface area contributed by atoms with E-state index >= 15 is 0 Å². The number of carbonyl (C=O) groups is 3. The minimum Gasteiger partial charge on any atom is -0.344 e. The molecular weight excluding hydrogens is 316 g/mol. The molecule has 0 aromatic rings. The fraction of sp³-hybridized carbons (Fsp3) is 0.850. The molecule has 5 nitrogen and oxygen atoms in total. The second-order valence-electron chi connectivity index (χ2n) is 7.85. The first-order valence-corrected chi connectivity index (χ1v) is 9.88. The third-order valence-corrected chi connectivity index (χ3v) is 5.13. The fourth-order valence-electron chi connectivity index (χ4n) is 3.54. The Bertz CT molecular complexity index is 462. The van der Waals surface area contributed by atoms with Gasteiger partial charge in [-0.25, -0.2) is 0 Å². The highest BCUT2D eigenvalue weighted by Crippen LogP contribution is 2.21. The lowest BCUT2D eigenvalue weighted by Crippen LogP contribution is -2.53. The summed E-state index contributed by atoms with van der Waals surface area (Å²) in [4.78, 5) is 39.1. The highest BCUT2D eigenvalue weighted by Gasteiger charge is 2.34. The molecule has 2 unspecified atom stereocenters. The van der Waals surface area contributed by atoms with Gasteiger partial charge in [0.2, 0.25) is 11.8 Å². The van der Waals surface area contributed by atoms with Gasteiger partial charge >= 0.3 is 0 Å². The molecule has 1 aliphatic heterocycles. The molecule has 0 aromatic carbocycles. The third kappa shape index (κ3) is 6.79. The molecule has 1 aliphatic rings. The maximum atomic E-state index is 12.9. The number of ketones is 1. The number of rotatable bonds is 10. The monoisotopic (exact) mass is 352 g/mol. The van der Waals surface area contributed by atoms with Gasteiger partial charge in [0.05, 0.1) is 0 Å². The van der Waals surface area contributed by atoms with Crippen LogP contribution in [0.3, 0.4) is 0 Å². The van der Waals surface area contributed by atoms with Gasteiger partial charge in [-0.1, -0.05) is 40.0 Å². The number of carbonyl (C=O) groups excluding carboxylic acids is 3. The van der Waals surface area contributed by atoms with E-state index in [1.165, 1.54) is 6.92 Å². The summed E-state index contributed by atoms with van der Waals surface area (Å²) in [6.45, 7) is 10.4. The summed E-state index contributed by atoms with van der Waals surface area (Å²) >= 11 is 0. The zero-order valence-corrected chi connectivity index (χ0v) is 16.6. The summed E-state index contributed by atoms with van der Waals surface area (Å²) in [6.07, 6.45) is 6.08. The summed E-state index contributed by atoms with van der Waals surface area (Å²) in [6, 6.07) is -0.267. The number of unbranched alkanes of at least 4 members (excludes halogenated alkanes) is 2. The second-order valence-corrected chi connectivity index (χ2v) is 7.85. The molecule has 144 valence electrons. The van der Waals surface area contributed by atoms with Gasteiger partial charge in [0.1, 0.15) is 11.8 Å². The van der Waals surface area contributed by atoms with E-state index in [-0.39, 0.29) is 41.9 Å². The average Bonchev–Trinajstić information content (AvgIpc) is 2.96. The van der Waals surface area contributed by atoms with Crippen molar-refractivity contribution in [1.29, 1.82) is 0 Å². The Morgan fingerprint density at radius 2 is 1.88 bits per heavy atom. The van der Waals surface area contributed by atoms with Crippen LogP contribution >= 0.6 is 0 Å². The van der Waals surface area contributed by atoms with Crippen LogP contribution in [0, 0.1) is 11.8 Å². The summed E-state index contributed by atoms with van der Waals surface area (Å²) < 4.78 is 0. The van der Waals surface area contributed by atoms with Crippen LogP contribution < -0.4 is 5.32 Å². The van der Waals surface area contributed by atoms with E-state index in [1.54, 1.807) is 0 Å². The zero-order valence-electron chi connectivity index (χ0n) is 16.6. The first kappa shape index (κ1) is 21.7. The lowest BCUT2D eigenvalue weighted by atomic mass is 9.93. The molecule has 0 aliphatic carbocycles. The molecule has 0 bridgehead atoms. The van der Waals surface area contributed by atoms with Crippen molar-refractivity contribution in [1.82, 2.24) is 10.2 Å². The minimum absolute atomic E-state index is 0.0171. The van der Waals surface area contributed by atoms with Crippen LogP contribution in [0.2, 0.25) is 0 Å². The smallest absolute Gasteiger partial charge is 0.245 e. The molecule has 0 spiro atoms. The fourth-order valence-corrected chi connectivity index (χ4v) is 3.54. The molecule has 25 heavy (non-hydrogen) atoms. The van der Waals surface area contributed by atoms with E-state index in [9.17, 15) is 14.4 Å². The predicted molar refractivity (Wildman–Crippen MR) is 100 cm³/mol. The Balaban J connectivity index is 2.77.